The highest BCUT2D eigenvalue weighted by molar-refractivity contribution is 6.30. The molecule has 1 N–H and O–H groups in total. The molecule has 0 aromatic heterocycles. The zero-order chi connectivity index (χ0) is 9.26. The van der Waals surface area contributed by atoms with Crippen LogP contribution in [0, 0.1) is 0 Å². The Bertz CT molecular complexity index is 340. The van der Waals surface area contributed by atoms with E-state index in [1.807, 2.05) is 12.1 Å². The van der Waals surface area contributed by atoms with Gasteiger partial charge in [0.2, 0.25) is 5.91 Å². The van der Waals surface area contributed by atoms with Gasteiger partial charge in [0.05, 0.1) is 5.69 Å². The van der Waals surface area contributed by atoms with Crippen LogP contribution in [0.3, 0.4) is 0 Å². The zero-order valence-corrected chi connectivity index (χ0v) is 7.71. The Morgan fingerprint density at radius 2 is 2.31 bits per heavy atom. The number of amides is 1. The topological polar surface area (TPSA) is 32.3 Å². The lowest BCUT2D eigenvalue weighted by atomic mass is 10.3. The number of anilines is 1. The molecule has 0 spiro atoms. The fraction of sp³-hybridized carbons (Fsp3) is 0.222. The third-order valence-electron chi connectivity index (χ3n) is 1.92. The van der Waals surface area contributed by atoms with Crippen LogP contribution in [0.1, 0.15) is 6.42 Å². The van der Waals surface area contributed by atoms with E-state index in [2.05, 4.69) is 5.43 Å². The van der Waals surface area contributed by atoms with Crippen LogP contribution in [-0.4, -0.2) is 12.5 Å². The first kappa shape index (κ1) is 8.53. The summed E-state index contributed by atoms with van der Waals surface area (Å²) in [5.74, 6) is 0.0854. The molecule has 68 valence electrons. The van der Waals surface area contributed by atoms with Gasteiger partial charge in [-0.1, -0.05) is 17.7 Å². The molecule has 13 heavy (non-hydrogen) atoms. The Kier molecular flexibility index (Phi) is 2.20. The van der Waals surface area contributed by atoms with E-state index in [4.69, 9.17) is 11.6 Å². The maximum atomic E-state index is 11.3. The largest absolute Gasteiger partial charge is 0.273 e. The molecule has 1 aliphatic rings. The summed E-state index contributed by atoms with van der Waals surface area (Å²) in [6.45, 7) is 0.700. The molecule has 0 unspecified atom stereocenters. The fourth-order valence-electron chi connectivity index (χ4n) is 1.33. The van der Waals surface area contributed by atoms with Gasteiger partial charge in [-0.2, -0.15) is 0 Å². The standard InChI is InChI=1S/C9H9ClN2O/c10-7-2-1-3-8(6-7)12-9(13)4-5-11-12/h1-3,6,11H,4-5H2. The van der Waals surface area contributed by atoms with Crippen molar-refractivity contribution in [2.75, 3.05) is 11.6 Å². The maximum Gasteiger partial charge on any atom is 0.242 e. The minimum Gasteiger partial charge on any atom is -0.273 e. The second kappa shape index (κ2) is 3.36. The Balaban J connectivity index is 2.29. The molecule has 2 rings (SSSR count). The third kappa shape index (κ3) is 1.66. The van der Waals surface area contributed by atoms with Gasteiger partial charge in [0.25, 0.3) is 0 Å². The summed E-state index contributed by atoms with van der Waals surface area (Å²) in [4.78, 5) is 11.3. The quantitative estimate of drug-likeness (QED) is 0.740. The molecule has 3 nitrogen and oxygen atoms in total. The van der Waals surface area contributed by atoms with Gasteiger partial charge in [0.15, 0.2) is 0 Å². The lowest BCUT2D eigenvalue weighted by Crippen LogP contribution is -2.33. The number of benzene rings is 1. The van der Waals surface area contributed by atoms with Crippen LogP contribution < -0.4 is 10.4 Å². The van der Waals surface area contributed by atoms with Gasteiger partial charge in [0.1, 0.15) is 0 Å². The molecule has 1 saturated heterocycles. The molecule has 1 fully saturated rings. The van der Waals surface area contributed by atoms with Crippen molar-refractivity contribution in [3.05, 3.63) is 29.3 Å². The molecular weight excluding hydrogens is 188 g/mol. The highest BCUT2D eigenvalue weighted by Gasteiger charge is 2.21. The first-order valence-electron chi connectivity index (χ1n) is 4.09. The molecule has 1 aliphatic heterocycles. The number of hydrogen-bond donors (Lipinski definition) is 1. The maximum absolute atomic E-state index is 11.3. The van der Waals surface area contributed by atoms with Crippen LogP contribution in [0.4, 0.5) is 5.69 Å². The monoisotopic (exact) mass is 196 g/mol. The van der Waals surface area contributed by atoms with Crippen LogP contribution in [-0.2, 0) is 4.79 Å². The van der Waals surface area contributed by atoms with Gasteiger partial charge < -0.3 is 0 Å². The van der Waals surface area contributed by atoms with E-state index in [0.717, 1.165) is 5.69 Å². The normalized spacial score (nSPS) is 16.7. The molecule has 1 heterocycles. The molecule has 0 saturated carbocycles. The second-order valence-electron chi connectivity index (χ2n) is 2.87. The number of halogens is 1. The zero-order valence-electron chi connectivity index (χ0n) is 6.96. The average Bonchev–Trinajstić information content (AvgIpc) is 2.51. The Morgan fingerprint density at radius 1 is 1.46 bits per heavy atom. The number of nitrogens with zero attached hydrogens (tertiary/aromatic N) is 1. The van der Waals surface area contributed by atoms with Crippen molar-refractivity contribution in [2.24, 2.45) is 0 Å². The minimum absolute atomic E-state index is 0.0854. The Hall–Kier alpha value is -1.06. The Labute approximate surface area is 81.3 Å². The molecule has 1 aromatic rings. The van der Waals surface area contributed by atoms with Crippen molar-refractivity contribution in [3.63, 3.8) is 0 Å². The van der Waals surface area contributed by atoms with Crippen LogP contribution in [0.25, 0.3) is 0 Å². The molecule has 0 atom stereocenters. The van der Waals surface area contributed by atoms with Gasteiger partial charge in [0, 0.05) is 18.0 Å². The van der Waals surface area contributed by atoms with Crippen molar-refractivity contribution in [1.29, 1.82) is 0 Å². The van der Waals surface area contributed by atoms with Crippen molar-refractivity contribution in [2.45, 2.75) is 6.42 Å². The van der Waals surface area contributed by atoms with Crippen molar-refractivity contribution >= 4 is 23.2 Å². The van der Waals surface area contributed by atoms with E-state index in [1.165, 1.54) is 5.01 Å². The smallest absolute Gasteiger partial charge is 0.242 e. The summed E-state index contributed by atoms with van der Waals surface area (Å²) < 4.78 is 0. The van der Waals surface area contributed by atoms with Gasteiger partial charge in [-0.25, -0.2) is 10.4 Å². The molecule has 0 radical (unpaired) electrons. The third-order valence-corrected chi connectivity index (χ3v) is 2.16. The highest BCUT2D eigenvalue weighted by Crippen LogP contribution is 2.20. The average molecular weight is 197 g/mol. The molecular formula is C9H9ClN2O. The van der Waals surface area contributed by atoms with E-state index in [0.29, 0.717) is 18.0 Å². The summed E-state index contributed by atoms with van der Waals surface area (Å²) >= 11 is 5.81. The van der Waals surface area contributed by atoms with Gasteiger partial charge >= 0.3 is 0 Å². The highest BCUT2D eigenvalue weighted by atomic mass is 35.5. The summed E-state index contributed by atoms with van der Waals surface area (Å²) in [6.07, 6.45) is 0.548. The molecule has 4 heteroatoms. The minimum atomic E-state index is 0.0854. The summed E-state index contributed by atoms with van der Waals surface area (Å²) in [6, 6.07) is 7.22. The number of carbonyl (C=O) groups excluding carboxylic acids is 1. The molecule has 1 aromatic carbocycles. The molecule has 1 amide bonds. The first-order valence-corrected chi connectivity index (χ1v) is 4.47. The lowest BCUT2D eigenvalue weighted by Gasteiger charge is -2.15. The second-order valence-corrected chi connectivity index (χ2v) is 3.30. The predicted octanol–water partition coefficient (Wildman–Crippen LogP) is 1.58. The summed E-state index contributed by atoms with van der Waals surface area (Å²) in [5, 5.41) is 2.17. The van der Waals surface area contributed by atoms with Gasteiger partial charge in [-0.15, -0.1) is 0 Å². The lowest BCUT2D eigenvalue weighted by molar-refractivity contribution is -0.117. The number of hydrazine groups is 1. The first-order chi connectivity index (χ1) is 6.27. The van der Waals surface area contributed by atoms with E-state index in [9.17, 15) is 4.79 Å². The summed E-state index contributed by atoms with van der Waals surface area (Å²) in [7, 11) is 0. The predicted molar refractivity (Wildman–Crippen MR) is 51.6 cm³/mol. The number of carbonyl (C=O) groups is 1. The summed E-state index contributed by atoms with van der Waals surface area (Å²) in [5.41, 5.74) is 3.78. The van der Waals surface area contributed by atoms with Crippen LogP contribution >= 0.6 is 11.6 Å². The van der Waals surface area contributed by atoms with E-state index in [-0.39, 0.29) is 5.91 Å². The number of rotatable bonds is 1. The SMILES string of the molecule is O=C1CCNN1c1cccc(Cl)c1. The van der Waals surface area contributed by atoms with Crippen molar-refractivity contribution in [1.82, 2.24) is 5.43 Å². The molecule has 0 aliphatic carbocycles. The van der Waals surface area contributed by atoms with Gasteiger partial charge in [-0.3, -0.25) is 4.79 Å². The van der Waals surface area contributed by atoms with Crippen LogP contribution in [0.2, 0.25) is 5.02 Å². The molecule has 0 bridgehead atoms. The van der Waals surface area contributed by atoms with Crippen LogP contribution in [0.5, 0.6) is 0 Å². The number of hydrogen-bond acceptors (Lipinski definition) is 2. The van der Waals surface area contributed by atoms with E-state index in [1.54, 1.807) is 12.1 Å². The van der Waals surface area contributed by atoms with Crippen molar-refractivity contribution < 1.29 is 4.79 Å². The number of nitrogens with one attached hydrogen (secondary N) is 1. The van der Waals surface area contributed by atoms with E-state index >= 15 is 0 Å². The van der Waals surface area contributed by atoms with Crippen LogP contribution in [0.15, 0.2) is 24.3 Å². The van der Waals surface area contributed by atoms with E-state index < -0.39 is 0 Å². The van der Waals surface area contributed by atoms with Crippen molar-refractivity contribution in [3.8, 4) is 0 Å². The fourth-order valence-corrected chi connectivity index (χ4v) is 1.51. The Morgan fingerprint density at radius 3 is 2.92 bits per heavy atom. The van der Waals surface area contributed by atoms with Gasteiger partial charge in [-0.05, 0) is 18.2 Å².